The summed E-state index contributed by atoms with van der Waals surface area (Å²) in [6.07, 6.45) is 0. The van der Waals surface area contributed by atoms with Crippen LogP contribution in [-0.4, -0.2) is 31.8 Å². The van der Waals surface area contributed by atoms with Gasteiger partial charge in [-0.05, 0) is 36.8 Å². The van der Waals surface area contributed by atoms with Crippen LogP contribution in [0, 0.1) is 11.3 Å². The summed E-state index contributed by atoms with van der Waals surface area (Å²) in [7, 11) is 3.10. The van der Waals surface area contributed by atoms with E-state index in [2.05, 4.69) is 22.0 Å². The number of ether oxygens (including phenoxy) is 2. The number of para-hydroxylation sites is 2. The van der Waals surface area contributed by atoms with Crippen molar-refractivity contribution in [3.05, 3.63) is 106 Å². The van der Waals surface area contributed by atoms with Gasteiger partial charge in [-0.1, -0.05) is 60.3 Å². The molecule has 198 valence electrons. The Labute approximate surface area is 231 Å². The molecule has 3 N–H and O–H groups in total. The molecule has 0 bridgehead atoms. The fourth-order valence-electron chi connectivity index (χ4n) is 4.28. The summed E-state index contributed by atoms with van der Waals surface area (Å²) in [5, 5.41) is 19.8. The Bertz CT molecular complexity index is 1480. The topological polar surface area (TPSA) is 112 Å². The summed E-state index contributed by atoms with van der Waals surface area (Å²) < 4.78 is 10.6. The van der Waals surface area contributed by atoms with Crippen LogP contribution >= 0.6 is 11.8 Å². The van der Waals surface area contributed by atoms with E-state index in [1.807, 2.05) is 36.4 Å². The molecule has 0 radical (unpaired) electrons. The largest absolute Gasteiger partial charge is 0.497 e. The first-order chi connectivity index (χ1) is 18.9. The molecule has 0 spiro atoms. The number of nitrogens with zero attached hydrogens (tertiary/aromatic N) is 1. The molecule has 3 aromatic carbocycles. The van der Waals surface area contributed by atoms with Crippen molar-refractivity contribution in [2.45, 2.75) is 12.8 Å². The number of nitrogens with one attached hydrogen (secondary N) is 3. The van der Waals surface area contributed by atoms with Gasteiger partial charge in [0.05, 0.1) is 48.2 Å². The molecule has 3 aromatic rings. The standard InChI is InChI=1S/C30H28N4O4S/c1-19-27(29(36)34-24-14-7-8-15-25(24)38-3)28(20-10-5-4-6-11-20)23(17-31)30(32-19)39-18-26(35)33-21-12-9-13-22(16-21)37-2/h4-16,28,32H,18H2,1-3H3,(H,33,35)(H,34,36). The smallest absolute Gasteiger partial charge is 0.254 e. The van der Waals surface area contributed by atoms with E-state index in [4.69, 9.17) is 9.47 Å². The predicted octanol–water partition coefficient (Wildman–Crippen LogP) is 5.41. The van der Waals surface area contributed by atoms with Crippen molar-refractivity contribution in [2.24, 2.45) is 0 Å². The second kappa shape index (κ2) is 12.7. The van der Waals surface area contributed by atoms with Gasteiger partial charge in [0, 0.05) is 23.0 Å². The number of anilines is 2. The number of nitriles is 1. The minimum atomic E-state index is -0.629. The number of hydrogen-bond acceptors (Lipinski definition) is 7. The first-order valence-corrected chi connectivity index (χ1v) is 13.1. The van der Waals surface area contributed by atoms with E-state index in [1.54, 1.807) is 56.5 Å². The number of carbonyl (C=O) groups excluding carboxylic acids is 2. The second-order valence-corrected chi connectivity index (χ2v) is 9.57. The van der Waals surface area contributed by atoms with Crippen LogP contribution in [0.5, 0.6) is 11.5 Å². The third-order valence-corrected chi connectivity index (χ3v) is 7.10. The number of rotatable bonds is 9. The maximum absolute atomic E-state index is 13.6. The Hall–Kier alpha value is -4.68. The van der Waals surface area contributed by atoms with E-state index in [0.717, 1.165) is 5.56 Å². The predicted molar refractivity (Wildman–Crippen MR) is 153 cm³/mol. The maximum Gasteiger partial charge on any atom is 0.254 e. The monoisotopic (exact) mass is 540 g/mol. The first kappa shape index (κ1) is 27.4. The Morgan fingerprint density at radius 3 is 2.44 bits per heavy atom. The molecule has 1 aliphatic heterocycles. The highest BCUT2D eigenvalue weighted by Crippen LogP contribution is 2.41. The third-order valence-electron chi connectivity index (χ3n) is 6.08. The number of allylic oxidation sites excluding steroid dienone is 2. The lowest BCUT2D eigenvalue weighted by Gasteiger charge is -2.30. The Balaban J connectivity index is 1.61. The van der Waals surface area contributed by atoms with Gasteiger partial charge in [-0.3, -0.25) is 9.59 Å². The molecule has 2 amide bonds. The molecule has 1 heterocycles. The molecule has 0 saturated carbocycles. The van der Waals surface area contributed by atoms with E-state index in [1.165, 1.54) is 18.9 Å². The van der Waals surface area contributed by atoms with Crippen LogP contribution < -0.4 is 25.4 Å². The average Bonchev–Trinajstić information content (AvgIpc) is 2.96. The van der Waals surface area contributed by atoms with Gasteiger partial charge in [0.1, 0.15) is 11.5 Å². The van der Waals surface area contributed by atoms with Crippen molar-refractivity contribution < 1.29 is 19.1 Å². The minimum absolute atomic E-state index is 0.0578. The van der Waals surface area contributed by atoms with Crippen molar-refractivity contribution in [3.8, 4) is 17.6 Å². The molecule has 4 rings (SSSR count). The van der Waals surface area contributed by atoms with Gasteiger partial charge in [0.2, 0.25) is 5.91 Å². The number of amides is 2. The van der Waals surface area contributed by atoms with Gasteiger partial charge in [-0.2, -0.15) is 5.26 Å². The highest BCUT2D eigenvalue weighted by Gasteiger charge is 2.35. The van der Waals surface area contributed by atoms with Gasteiger partial charge in [-0.25, -0.2) is 0 Å². The minimum Gasteiger partial charge on any atom is -0.497 e. The summed E-state index contributed by atoms with van der Waals surface area (Å²) in [6.45, 7) is 1.79. The van der Waals surface area contributed by atoms with Gasteiger partial charge < -0.3 is 25.4 Å². The lowest BCUT2D eigenvalue weighted by atomic mass is 9.82. The molecule has 1 atom stereocenters. The molecule has 0 aromatic heterocycles. The molecule has 1 unspecified atom stereocenters. The van der Waals surface area contributed by atoms with Crippen molar-refractivity contribution in [3.63, 3.8) is 0 Å². The normalized spacial score (nSPS) is 14.7. The number of benzene rings is 3. The van der Waals surface area contributed by atoms with Crippen molar-refractivity contribution in [2.75, 3.05) is 30.6 Å². The fraction of sp³-hybridized carbons (Fsp3) is 0.167. The summed E-state index contributed by atoms with van der Waals surface area (Å²) in [6, 6.07) is 25.9. The first-order valence-electron chi connectivity index (χ1n) is 12.1. The SMILES string of the molecule is COc1cccc(NC(=O)CSC2=C(C#N)C(c3ccccc3)C(C(=O)Nc3ccccc3OC)=C(C)N2)c1. The lowest BCUT2D eigenvalue weighted by molar-refractivity contribution is -0.114. The molecule has 1 aliphatic rings. The average molecular weight is 541 g/mol. The molecule has 0 saturated heterocycles. The van der Waals surface area contributed by atoms with E-state index in [9.17, 15) is 14.9 Å². The van der Waals surface area contributed by atoms with Gasteiger partial charge in [-0.15, -0.1) is 0 Å². The molecular formula is C30H28N4O4S. The molecule has 0 aliphatic carbocycles. The number of dihydropyridines is 1. The van der Waals surface area contributed by atoms with Crippen LogP contribution in [0.1, 0.15) is 18.4 Å². The van der Waals surface area contributed by atoms with Crippen LogP contribution in [0.4, 0.5) is 11.4 Å². The zero-order valence-corrected chi connectivity index (χ0v) is 22.6. The van der Waals surface area contributed by atoms with E-state index < -0.39 is 5.92 Å². The maximum atomic E-state index is 13.6. The Kier molecular flexibility index (Phi) is 8.92. The van der Waals surface area contributed by atoms with Gasteiger partial charge in [0.25, 0.3) is 5.91 Å². The van der Waals surface area contributed by atoms with Crippen LogP contribution in [-0.2, 0) is 9.59 Å². The van der Waals surface area contributed by atoms with Gasteiger partial charge >= 0.3 is 0 Å². The zero-order valence-electron chi connectivity index (χ0n) is 21.8. The zero-order chi connectivity index (χ0) is 27.8. The van der Waals surface area contributed by atoms with E-state index in [0.29, 0.717) is 44.7 Å². The highest BCUT2D eigenvalue weighted by atomic mass is 32.2. The van der Waals surface area contributed by atoms with Crippen molar-refractivity contribution >= 4 is 35.0 Å². The number of carbonyl (C=O) groups is 2. The fourth-order valence-corrected chi connectivity index (χ4v) is 5.17. The highest BCUT2D eigenvalue weighted by molar-refractivity contribution is 8.03. The van der Waals surface area contributed by atoms with Crippen LogP contribution in [0.3, 0.4) is 0 Å². The molecule has 0 fully saturated rings. The van der Waals surface area contributed by atoms with Crippen LogP contribution in [0.25, 0.3) is 0 Å². The van der Waals surface area contributed by atoms with Crippen LogP contribution in [0.15, 0.2) is 101 Å². The Morgan fingerprint density at radius 2 is 1.72 bits per heavy atom. The molecule has 39 heavy (non-hydrogen) atoms. The Morgan fingerprint density at radius 1 is 0.974 bits per heavy atom. The molecule has 8 nitrogen and oxygen atoms in total. The summed E-state index contributed by atoms with van der Waals surface area (Å²) in [5.74, 6) is -0.00497. The van der Waals surface area contributed by atoms with E-state index >= 15 is 0 Å². The number of thioether (sulfide) groups is 1. The summed E-state index contributed by atoms with van der Waals surface area (Å²) in [4.78, 5) is 26.4. The van der Waals surface area contributed by atoms with Crippen LogP contribution in [0.2, 0.25) is 0 Å². The van der Waals surface area contributed by atoms with Crippen molar-refractivity contribution in [1.82, 2.24) is 5.32 Å². The number of methoxy groups -OCH3 is 2. The summed E-state index contributed by atoms with van der Waals surface area (Å²) in [5.41, 5.74) is 3.28. The third kappa shape index (κ3) is 6.43. The second-order valence-electron chi connectivity index (χ2n) is 8.59. The lowest BCUT2D eigenvalue weighted by Crippen LogP contribution is -2.31. The molecule has 9 heteroatoms. The number of hydrogen-bond donors (Lipinski definition) is 3. The summed E-state index contributed by atoms with van der Waals surface area (Å²) >= 11 is 1.21. The quantitative estimate of drug-likeness (QED) is 0.333. The molecular weight excluding hydrogens is 512 g/mol. The van der Waals surface area contributed by atoms with Gasteiger partial charge in [0.15, 0.2) is 0 Å². The van der Waals surface area contributed by atoms with Crippen molar-refractivity contribution in [1.29, 1.82) is 5.26 Å². The van der Waals surface area contributed by atoms with E-state index in [-0.39, 0.29) is 17.6 Å².